The van der Waals surface area contributed by atoms with Gasteiger partial charge in [-0.05, 0) is 53.4 Å². The second-order valence-corrected chi connectivity index (χ2v) is 4.96. The Morgan fingerprint density at radius 3 is 2.76 bits per heavy atom. The van der Waals surface area contributed by atoms with Crippen LogP contribution in [0.4, 0.5) is 0 Å². The second-order valence-electron chi connectivity index (χ2n) is 4.10. The normalized spacial score (nSPS) is 23.6. The Hall–Kier alpha value is -1.07. The van der Waals surface area contributed by atoms with E-state index in [0.717, 1.165) is 19.3 Å². The molecule has 2 N–H and O–H groups in total. The van der Waals surface area contributed by atoms with E-state index in [0.29, 0.717) is 10.2 Å². The first-order chi connectivity index (χ1) is 8.08. The van der Waals surface area contributed by atoms with Crippen LogP contribution in [0.3, 0.4) is 0 Å². The summed E-state index contributed by atoms with van der Waals surface area (Å²) in [5.74, 6) is -0.523. The quantitative estimate of drug-likeness (QED) is 0.900. The van der Waals surface area contributed by atoms with Gasteiger partial charge in [-0.1, -0.05) is 0 Å². The lowest BCUT2D eigenvalue weighted by Crippen LogP contribution is -2.25. The van der Waals surface area contributed by atoms with Gasteiger partial charge in [0.05, 0.1) is 16.1 Å². The maximum absolute atomic E-state index is 10.8. The van der Waals surface area contributed by atoms with Crippen molar-refractivity contribution in [1.82, 2.24) is 0 Å². The maximum atomic E-state index is 10.8. The van der Waals surface area contributed by atoms with E-state index in [2.05, 4.69) is 15.9 Å². The summed E-state index contributed by atoms with van der Waals surface area (Å²) in [6.07, 6.45) is 1.76. The molecule has 0 aliphatic heterocycles. The Morgan fingerprint density at radius 1 is 1.41 bits per heavy atom. The molecule has 4 nitrogen and oxygen atoms in total. The summed E-state index contributed by atoms with van der Waals surface area (Å²) in [6, 6.07) is 4.61. The molecule has 5 heteroatoms. The molecule has 0 spiro atoms. The number of benzene rings is 1. The lowest BCUT2D eigenvalue weighted by Gasteiger charge is -2.18. The Labute approximate surface area is 107 Å². The van der Waals surface area contributed by atoms with E-state index in [1.54, 1.807) is 6.07 Å². The van der Waals surface area contributed by atoms with E-state index >= 15 is 0 Å². The minimum atomic E-state index is -0.991. The van der Waals surface area contributed by atoms with Crippen LogP contribution in [-0.2, 0) is 0 Å². The monoisotopic (exact) mass is 300 g/mol. The molecule has 92 valence electrons. The predicted octanol–water partition coefficient (Wildman–Crippen LogP) is 2.44. The van der Waals surface area contributed by atoms with Crippen molar-refractivity contribution in [2.75, 3.05) is 0 Å². The van der Waals surface area contributed by atoms with Crippen LogP contribution in [0.5, 0.6) is 5.75 Å². The first-order valence-corrected chi connectivity index (χ1v) is 6.25. The molecule has 0 radical (unpaired) electrons. The number of carbonyl (C=O) groups is 1. The molecule has 1 aromatic carbocycles. The van der Waals surface area contributed by atoms with Crippen LogP contribution in [0.2, 0.25) is 0 Å². The van der Waals surface area contributed by atoms with Crippen molar-refractivity contribution in [1.29, 1.82) is 0 Å². The molecule has 0 heterocycles. The molecule has 1 fully saturated rings. The number of halogens is 1. The highest BCUT2D eigenvalue weighted by atomic mass is 79.9. The van der Waals surface area contributed by atoms with Gasteiger partial charge in [0, 0.05) is 0 Å². The van der Waals surface area contributed by atoms with Crippen molar-refractivity contribution < 1.29 is 19.7 Å². The Kier molecular flexibility index (Phi) is 3.69. The number of aliphatic hydroxyl groups is 1. The Morgan fingerprint density at radius 2 is 2.18 bits per heavy atom. The molecule has 1 aliphatic carbocycles. The third-order valence-corrected chi connectivity index (χ3v) is 3.53. The van der Waals surface area contributed by atoms with E-state index in [-0.39, 0.29) is 11.7 Å². The first kappa shape index (κ1) is 12.4. The van der Waals surface area contributed by atoms with Gasteiger partial charge in [-0.15, -0.1) is 0 Å². The molecule has 2 unspecified atom stereocenters. The summed E-state index contributed by atoms with van der Waals surface area (Å²) in [4.78, 5) is 10.8. The van der Waals surface area contributed by atoms with Crippen LogP contribution in [0.1, 0.15) is 29.6 Å². The van der Waals surface area contributed by atoms with Crippen LogP contribution in [0.25, 0.3) is 0 Å². The number of hydrogen-bond acceptors (Lipinski definition) is 3. The van der Waals surface area contributed by atoms with Crippen LogP contribution >= 0.6 is 15.9 Å². The fourth-order valence-electron chi connectivity index (χ4n) is 1.93. The summed E-state index contributed by atoms with van der Waals surface area (Å²) in [5.41, 5.74) is 0.177. The fourth-order valence-corrected chi connectivity index (χ4v) is 2.27. The molecule has 0 saturated heterocycles. The number of hydrogen-bond donors (Lipinski definition) is 2. The third-order valence-electron chi connectivity index (χ3n) is 2.87. The van der Waals surface area contributed by atoms with Crippen LogP contribution in [0, 0.1) is 0 Å². The molecule has 2 atom stereocenters. The van der Waals surface area contributed by atoms with Crippen LogP contribution in [-0.4, -0.2) is 28.4 Å². The van der Waals surface area contributed by atoms with E-state index in [1.807, 2.05) is 0 Å². The number of aliphatic hydroxyl groups excluding tert-OH is 1. The number of ether oxygens (including phenoxy) is 1. The van der Waals surface area contributed by atoms with E-state index in [9.17, 15) is 9.90 Å². The van der Waals surface area contributed by atoms with Crippen molar-refractivity contribution in [3.63, 3.8) is 0 Å². The summed E-state index contributed by atoms with van der Waals surface area (Å²) < 4.78 is 6.34. The van der Waals surface area contributed by atoms with Crippen LogP contribution < -0.4 is 4.74 Å². The fraction of sp³-hybridized carbons (Fsp3) is 0.417. The largest absolute Gasteiger partial charge is 0.487 e. The molecular weight excluding hydrogens is 288 g/mol. The zero-order valence-electron chi connectivity index (χ0n) is 9.10. The smallest absolute Gasteiger partial charge is 0.335 e. The van der Waals surface area contributed by atoms with E-state index in [1.165, 1.54) is 12.1 Å². The Bertz CT molecular complexity index is 433. The van der Waals surface area contributed by atoms with Gasteiger partial charge in [0.1, 0.15) is 11.9 Å². The Balaban J connectivity index is 2.19. The summed E-state index contributed by atoms with van der Waals surface area (Å²) in [5, 5.41) is 18.6. The molecular formula is C12H13BrO4. The summed E-state index contributed by atoms with van der Waals surface area (Å²) in [6.45, 7) is 0. The summed E-state index contributed by atoms with van der Waals surface area (Å²) in [7, 11) is 0. The summed E-state index contributed by atoms with van der Waals surface area (Å²) >= 11 is 3.31. The van der Waals surface area contributed by atoms with Gasteiger partial charge >= 0.3 is 5.97 Å². The molecule has 2 rings (SSSR count). The van der Waals surface area contributed by atoms with Gasteiger partial charge in [-0.25, -0.2) is 4.79 Å². The van der Waals surface area contributed by atoms with Gasteiger partial charge in [-0.3, -0.25) is 0 Å². The van der Waals surface area contributed by atoms with Crippen molar-refractivity contribution in [2.45, 2.75) is 31.5 Å². The predicted molar refractivity (Wildman–Crippen MR) is 65.4 cm³/mol. The highest BCUT2D eigenvalue weighted by molar-refractivity contribution is 9.10. The first-order valence-electron chi connectivity index (χ1n) is 5.45. The molecule has 1 aromatic rings. The average Bonchev–Trinajstić information content (AvgIpc) is 2.67. The van der Waals surface area contributed by atoms with E-state index in [4.69, 9.17) is 9.84 Å². The standard InChI is InChI=1S/C12H13BrO4/c13-8-5-4-7(12(15)16)6-11(8)17-10-3-1-2-9(10)14/h4-6,9-10,14H,1-3H2,(H,15,16). The van der Waals surface area contributed by atoms with Gasteiger partial charge < -0.3 is 14.9 Å². The lowest BCUT2D eigenvalue weighted by atomic mass is 10.2. The molecule has 1 aliphatic rings. The zero-order chi connectivity index (χ0) is 12.4. The van der Waals surface area contributed by atoms with Gasteiger partial charge in [-0.2, -0.15) is 0 Å². The number of carboxylic acids is 1. The van der Waals surface area contributed by atoms with Crippen molar-refractivity contribution in [3.8, 4) is 5.75 Å². The number of aromatic carboxylic acids is 1. The van der Waals surface area contributed by atoms with Crippen molar-refractivity contribution >= 4 is 21.9 Å². The van der Waals surface area contributed by atoms with Crippen molar-refractivity contribution in [2.24, 2.45) is 0 Å². The molecule has 0 aromatic heterocycles. The highest BCUT2D eigenvalue weighted by Gasteiger charge is 2.27. The minimum Gasteiger partial charge on any atom is -0.487 e. The topological polar surface area (TPSA) is 66.8 Å². The average molecular weight is 301 g/mol. The van der Waals surface area contributed by atoms with Crippen LogP contribution in [0.15, 0.2) is 22.7 Å². The molecule has 0 amide bonds. The van der Waals surface area contributed by atoms with Gasteiger partial charge in [0.25, 0.3) is 0 Å². The van der Waals surface area contributed by atoms with E-state index < -0.39 is 12.1 Å². The number of rotatable bonds is 3. The van der Waals surface area contributed by atoms with Gasteiger partial charge in [0.2, 0.25) is 0 Å². The number of carboxylic acid groups (broad SMARTS) is 1. The zero-order valence-corrected chi connectivity index (χ0v) is 10.7. The highest BCUT2D eigenvalue weighted by Crippen LogP contribution is 2.31. The second kappa shape index (κ2) is 5.06. The van der Waals surface area contributed by atoms with Gasteiger partial charge in [0.15, 0.2) is 0 Å². The van der Waals surface area contributed by atoms with Crippen molar-refractivity contribution in [3.05, 3.63) is 28.2 Å². The molecule has 17 heavy (non-hydrogen) atoms. The third kappa shape index (κ3) is 2.79. The maximum Gasteiger partial charge on any atom is 0.335 e. The lowest BCUT2D eigenvalue weighted by molar-refractivity contribution is 0.0595. The minimum absolute atomic E-state index is 0.177. The molecule has 1 saturated carbocycles. The SMILES string of the molecule is O=C(O)c1ccc(Br)c(OC2CCCC2O)c1. The molecule has 0 bridgehead atoms.